The van der Waals surface area contributed by atoms with E-state index in [9.17, 15) is 4.79 Å². The Morgan fingerprint density at radius 2 is 2.15 bits per heavy atom. The third kappa shape index (κ3) is 2.52. The van der Waals surface area contributed by atoms with Crippen LogP contribution in [-0.4, -0.2) is 64.9 Å². The molecule has 6 heteroatoms. The Balaban J connectivity index is 1.70. The van der Waals surface area contributed by atoms with E-state index in [2.05, 4.69) is 14.9 Å². The van der Waals surface area contributed by atoms with Gasteiger partial charge in [-0.3, -0.25) is 14.7 Å². The highest BCUT2D eigenvalue weighted by Gasteiger charge is 2.22. The maximum atomic E-state index is 12.5. The molecule has 0 radical (unpaired) electrons. The Morgan fingerprint density at radius 1 is 1.35 bits per heavy atom. The first-order chi connectivity index (χ1) is 9.78. The van der Waals surface area contributed by atoms with E-state index in [1.54, 1.807) is 6.20 Å². The van der Waals surface area contributed by atoms with Crippen LogP contribution < -0.4 is 5.73 Å². The number of rotatable bonds is 3. The van der Waals surface area contributed by atoms with Gasteiger partial charge in [-0.05, 0) is 18.2 Å². The summed E-state index contributed by atoms with van der Waals surface area (Å²) in [6.45, 7) is 4.85. The number of hydrogen-bond acceptors (Lipinski definition) is 4. The number of nitrogens with two attached hydrogens (primary N) is 1. The van der Waals surface area contributed by atoms with Gasteiger partial charge >= 0.3 is 0 Å². The molecule has 20 heavy (non-hydrogen) atoms. The molecule has 1 fully saturated rings. The van der Waals surface area contributed by atoms with Crippen LogP contribution in [0.25, 0.3) is 11.0 Å². The summed E-state index contributed by atoms with van der Waals surface area (Å²) in [4.78, 5) is 24.0. The van der Waals surface area contributed by atoms with E-state index in [-0.39, 0.29) is 5.91 Å². The molecule has 3 rings (SSSR count). The van der Waals surface area contributed by atoms with Crippen molar-refractivity contribution in [2.24, 2.45) is 5.73 Å². The van der Waals surface area contributed by atoms with Gasteiger partial charge in [-0.15, -0.1) is 0 Å². The van der Waals surface area contributed by atoms with Gasteiger partial charge in [0.15, 0.2) is 0 Å². The predicted molar refractivity (Wildman–Crippen MR) is 77.5 cm³/mol. The quantitative estimate of drug-likeness (QED) is 0.842. The van der Waals surface area contributed by atoms with Crippen LogP contribution in [0.4, 0.5) is 0 Å². The fourth-order valence-electron chi connectivity index (χ4n) is 2.60. The number of pyridine rings is 1. The lowest BCUT2D eigenvalue weighted by Gasteiger charge is -2.34. The Hall–Kier alpha value is -1.92. The van der Waals surface area contributed by atoms with Crippen molar-refractivity contribution in [3.05, 3.63) is 30.1 Å². The van der Waals surface area contributed by atoms with Gasteiger partial charge in [-0.2, -0.15) is 0 Å². The topological polar surface area (TPSA) is 78.2 Å². The first kappa shape index (κ1) is 13.1. The predicted octanol–water partition coefficient (Wildman–Crippen LogP) is 0.279. The Morgan fingerprint density at radius 3 is 2.85 bits per heavy atom. The van der Waals surface area contributed by atoms with E-state index in [0.29, 0.717) is 12.2 Å². The second-order valence-corrected chi connectivity index (χ2v) is 5.04. The highest BCUT2D eigenvalue weighted by molar-refractivity contribution is 5.97. The maximum Gasteiger partial charge on any atom is 0.270 e. The number of aromatic nitrogens is 2. The second kappa shape index (κ2) is 5.60. The SMILES string of the molecule is NCCN1CCN(C(=O)c2cc3ncccc3[nH]2)CC1. The summed E-state index contributed by atoms with van der Waals surface area (Å²) in [5.74, 6) is 0.0513. The number of amides is 1. The van der Waals surface area contributed by atoms with Gasteiger partial charge < -0.3 is 15.6 Å². The Kier molecular flexibility index (Phi) is 3.66. The molecule has 0 bridgehead atoms. The fraction of sp³-hybridized carbons (Fsp3) is 0.429. The Bertz CT molecular complexity index is 567. The summed E-state index contributed by atoms with van der Waals surface area (Å²) in [5, 5.41) is 0. The van der Waals surface area contributed by atoms with E-state index in [1.165, 1.54) is 0 Å². The standard InChI is InChI=1S/C14H19N5O/c15-3-5-18-6-8-19(9-7-18)14(20)13-10-12-11(17-13)2-1-4-16-12/h1-2,4,10,17H,3,5-9,15H2. The summed E-state index contributed by atoms with van der Waals surface area (Å²) < 4.78 is 0. The van der Waals surface area contributed by atoms with Crippen molar-refractivity contribution in [3.8, 4) is 0 Å². The van der Waals surface area contributed by atoms with E-state index >= 15 is 0 Å². The van der Waals surface area contributed by atoms with E-state index in [4.69, 9.17) is 5.73 Å². The zero-order valence-corrected chi connectivity index (χ0v) is 11.4. The molecule has 0 saturated carbocycles. The lowest BCUT2D eigenvalue weighted by Crippen LogP contribution is -2.49. The molecule has 3 heterocycles. The van der Waals surface area contributed by atoms with Crippen LogP contribution in [0.5, 0.6) is 0 Å². The minimum Gasteiger partial charge on any atom is -0.349 e. The van der Waals surface area contributed by atoms with Crippen LogP contribution >= 0.6 is 0 Å². The highest BCUT2D eigenvalue weighted by atomic mass is 16.2. The van der Waals surface area contributed by atoms with Crippen LogP contribution in [-0.2, 0) is 0 Å². The average molecular weight is 273 g/mol. The summed E-state index contributed by atoms with van der Waals surface area (Å²) >= 11 is 0. The first-order valence-electron chi connectivity index (χ1n) is 6.93. The molecule has 3 N–H and O–H groups in total. The Labute approximate surface area is 117 Å². The van der Waals surface area contributed by atoms with Crippen molar-refractivity contribution in [2.45, 2.75) is 0 Å². The van der Waals surface area contributed by atoms with E-state index in [1.807, 2.05) is 23.1 Å². The van der Waals surface area contributed by atoms with Gasteiger partial charge in [0.25, 0.3) is 5.91 Å². The molecule has 1 amide bonds. The molecular weight excluding hydrogens is 254 g/mol. The molecule has 0 aromatic carbocycles. The number of fused-ring (bicyclic) bond motifs is 1. The molecule has 0 unspecified atom stereocenters. The zero-order chi connectivity index (χ0) is 13.9. The highest BCUT2D eigenvalue weighted by Crippen LogP contribution is 2.14. The molecule has 0 aliphatic carbocycles. The molecule has 2 aromatic heterocycles. The minimum atomic E-state index is 0.0513. The second-order valence-electron chi connectivity index (χ2n) is 5.04. The molecule has 0 spiro atoms. The van der Waals surface area contributed by atoms with Crippen molar-refractivity contribution in [3.63, 3.8) is 0 Å². The largest absolute Gasteiger partial charge is 0.349 e. The zero-order valence-electron chi connectivity index (χ0n) is 11.4. The summed E-state index contributed by atoms with van der Waals surface area (Å²) in [7, 11) is 0. The number of H-pyrrole nitrogens is 1. The molecule has 0 atom stereocenters. The summed E-state index contributed by atoms with van der Waals surface area (Å²) in [6.07, 6.45) is 1.73. The van der Waals surface area contributed by atoms with E-state index in [0.717, 1.165) is 43.8 Å². The maximum absolute atomic E-state index is 12.5. The van der Waals surface area contributed by atoms with Crippen LogP contribution in [0, 0.1) is 0 Å². The van der Waals surface area contributed by atoms with Crippen LogP contribution in [0.1, 0.15) is 10.5 Å². The number of hydrogen-bond donors (Lipinski definition) is 2. The van der Waals surface area contributed by atoms with Crippen molar-refractivity contribution in [1.82, 2.24) is 19.8 Å². The number of nitrogens with one attached hydrogen (secondary N) is 1. The third-order valence-electron chi connectivity index (χ3n) is 3.72. The molecular formula is C14H19N5O. The minimum absolute atomic E-state index is 0.0513. The van der Waals surface area contributed by atoms with Crippen molar-refractivity contribution < 1.29 is 4.79 Å². The summed E-state index contributed by atoms with van der Waals surface area (Å²) in [6, 6.07) is 5.61. The fourth-order valence-corrected chi connectivity index (χ4v) is 2.60. The van der Waals surface area contributed by atoms with Gasteiger partial charge in [-0.25, -0.2) is 0 Å². The number of carbonyl (C=O) groups is 1. The molecule has 106 valence electrons. The molecule has 2 aromatic rings. The van der Waals surface area contributed by atoms with E-state index < -0.39 is 0 Å². The average Bonchev–Trinajstić information content (AvgIpc) is 2.91. The molecule has 6 nitrogen and oxygen atoms in total. The van der Waals surface area contributed by atoms with Crippen LogP contribution in [0.2, 0.25) is 0 Å². The lowest BCUT2D eigenvalue weighted by atomic mass is 10.2. The van der Waals surface area contributed by atoms with Gasteiger partial charge in [-0.1, -0.05) is 0 Å². The number of carbonyl (C=O) groups excluding carboxylic acids is 1. The van der Waals surface area contributed by atoms with Crippen LogP contribution in [0.3, 0.4) is 0 Å². The normalized spacial score (nSPS) is 16.8. The monoisotopic (exact) mass is 273 g/mol. The first-order valence-corrected chi connectivity index (χ1v) is 6.93. The molecule has 1 saturated heterocycles. The summed E-state index contributed by atoms with van der Waals surface area (Å²) in [5.41, 5.74) is 7.90. The number of nitrogens with zero attached hydrogens (tertiary/aromatic N) is 3. The lowest BCUT2D eigenvalue weighted by molar-refractivity contribution is 0.0636. The molecule has 1 aliphatic heterocycles. The molecule has 1 aliphatic rings. The number of aromatic amines is 1. The van der Waals surface area contributed by atoms with Crippen molar-refractivity contribution in [1.29, 1.82) is 0 Å². The smallest absolute Gasteiger partial charge is 0.270 e. The number of piperazine rings is 1. The van der Waals surface area contributed by atoms with Gasteiger partial charge in [0, 0.05) is 45.5 Å². The van der Waals surface area contributed by atoms with Crippen molar-refractivity contribution in [2.75, 3.05) is 39.3 Å². The third-order valence-corrected chi connectivity index (χ3v) is 3.72. The van der Waals surface area contributed by atoms with Gasteiger partial charge in [0.05, 0.1) is 11.0 Å². The van der Waals surface area contributed by atoms with Crippen molar-refractivity contribution >= 4 is 16.9 Å². The van der Waals surface area contributed by atoms with Gasteiger partial charge in [0.2, 0.25) is 0 Å². The van der Waals surface area contributed by atoms with Gasteiger partial charge in [0.1, 0.15) is 5.69 Å². The van der Waals surface area contributed by atoms with Crippen LogP contribution in [0.15, 0.2) is 24.4 Å².